The van der Waals surface area contributed by atoms with Gasteiger partial charge in [0, 0.05) is 6.54 Å². The summed E-state index contributed by atoms with van der Waals surface area (Å²) in [6.07, 6.45) is 0. The second-order valence-electron chi connectivity index (χ2n) is 6.35. The van der Waals surface area contributed by atoms with Crippen LogP contribution in [0.25, 0.3) is 0 Å². The third kappa shape index (κ3) is 4.73. The predicted octanol–water partition coefficient (Wildman–Crippen LogP) is 2.77. The summed E-state index contributed by atoms with van der Waals surface area (Å²) in [5, 5.41) is 3.04. The van der Waals surface area contributed by atoms with Gasteiger partial charge in [-0.3, -0.25) is 9.69 Å². The zero-order valence-corrected chi connectivity index (χ0v) is 14.7. The quantitative estimate of drug-likeness (QED) is 0.878. The summed E-state index contributed by atoms with van der Waals surface area (Å²) in [6.45, 7) is 4.17. The van der Waals surface area contributed by atoms with Gasteiger partial charge >= 0.3 is 0 Å². The summed E-state index contributed by atoms with van der Waals surface area (Å²) in [5.74, 6) is 1.57. The Morgan fingerprint density at radius 2 is 1.84 bits per heavy atom. The molecule has 1 aliphatic rings. The maximum Gasteiger partial charge on any atom is 0.234 e. The van der Waals surface area contributed by atoms with Gasteiger partial charge < -0.3 is 14.8 Å². The van der Waals surface area contributed by atoms with Crippen LogP contribution in [-0.4, -0.2) is 37.6 Å². The van der Waals surface area contributed by atoms with E-state index in [9.17, 15) is 4.79 Å². The van der Waals surface area contributed by atoms with Crippen LogP contribution in [0.5, 0.6) is 11.5 Å². The summed E-state index contributed by atoms with van der Waals surface area (Å²) < 4.78 is 11.1. The average Bonchev–Trinajstić information content (AvgIpc) is 2.62. The Morgan fingerprint density at radius 1 is 1.12 bits per heavy atom. The molecule has 0 saturated carbocycles. The van der Waals surface area contributed by atoms with Crippen molar-refractivity contribution >= 4 is 5.91 Å². The summed E-state index contributed by atoms with van der Waals surface area (Å²) in [4.78, 5) is 14.2. The normalized spacial score (nSPS) is 14.2. The van der Waals surface area contributed by atoms with Gasteiger partial charge in [0.2, 0.25) is 5.91 Å². The Kier molecular flexibility index (Phi) is 5.56. The van der Waals surface area contributed by atoms with E-state index in [0.29, 0.717) is 26.3 Å². The van der Waals surface area contributed by atoms with E-state index in [1.54, 1.807) is 0 Å². The van der Waals surface area contributed by atoms with Crippen LogP contribution in [0.15, 0.2) is 48.5 Å². The first-order valence-electron chi connectivity index (χ1n) is 8.53. The molecule has 2 aromatic carbocycles. The van der Waals surface area contributed by atoms with Crippen molar-refractivity contribution in [3.05, 3.63) is 59.7 Å². The van der Waals surface area contributed by atoms with Gasteiger partial charge in [0.25, 0.3) is 0 Å². The molecule has 1 amide bonds. The second-order valence-corrected chi connectivity index (χ2v) is 6.35. The van der Waals surface area contributed by atoms with Crippen molar-refractivity contribution in [1.82, 2.24) is 10.2 Å². The fourth-order valence-corrected chi connectivity index (χ4v) is 2.91. The molecular formula is C20H24N2O3. The van der Waals surface area contributed by atoms with Crippen LogP contribution in [0.2, 0.25) is 0 Å². The standard InChI is InChI=1S/C20H24N2O3/c1-15(17-6-4-3-5-7-17)21-20(23)14-22(2)13-16-8-9-18-19(12-16)25-11-10-24-18/h3-9,12,15H,10-11,13-14H2,1-2H3,(H,21,23)/t15-/m0/s1. The van der Waals surface area contributed by atoms with Gasteiger partial charge in [-0.25, -0.2) is 0 Å². The molecule has 5 nitrogen and oxygen atoms in total. The molecule has 0 bridgehead atoms. The zero-order valence-electron chi connectivity index (χ0n) is 14.7. The lowest BCUT2D eigenvalue weighted by Gasteiger charge is -2.21. The topological polar surface area (TPSA) is 50.8 Å². The van der Waals surface area contributed by atoms with Crippen LogP contribution in [0.4, 0.5) is 0 Å². The van der Waals surface area contributed by atoms with Gasteiger partial charge in [0.1, 0.15) is 13.2 Å². The van der Waals surface area contributed by atoms with Gasteiger partial charge in [0.15, 0.2) is 11.5 Å². The SMILES string of the molecule is C[C@H](NC(=O)CN(C)Cc1ccc2c(c1)OCCO2)c1ccccc1. The van der Waals surface area contributed by atoms with E-state index in [1.165, 1.54) is 0 Å². The summed E-state index contributed by atoms with van der Waals surface area (Å²) >= 11 is 0. The molecule has 1 aliphatic heterocycles. The number of hydrogen-bond acceptors (Lipinski definition) is 4. The van der Waals surface area contributed by atoms with Gasteiger partial charge in [-0.15, -0.1) is 0 Å². The highest BCUT2D eigenvalue weighted by molar-refractivity contribution is 5.78. The maximum atomic E-state index is 12.3. The number of rotatable bonds is 6. The van der Waals surface area contributed by atoms with Crippen molar-refractivity contribution in [3.63, 3.8) is 0 Å². The highest BCUT2D eigenvalue weighted by Crippen LogP contribution is 2.30. The number of likely N-dealkylation sites (N-methyl/N-ethyl adjacent to an activating group) is 1. The first-order valence-corrected chi connectivity index (χ1v) is 8.53. The minimum absolute atomic E-state index is 0.00334. The molecule has 25 heavy (non-hydrogen) atoms. The monoisotopic (exact) mass is 340 g/mol. The van der Waals surface area contributed by atoms with Crippen LogP contribution >= 0.6 is 0 Å². The lowest BCUT2D eigenvalue weighted by molar-refractivity contribution is -0.122. The molecule has 0 aliphatic carbocycles. The molecule has 2 aromatic rings. The molecule has 0 radical (unpaired) electrons. The number of carbonyl (C=O) groups is 1. The second kappa shape index (κ2) is 8.03. The third-order valence-electron chi connectivity index (χ3n) is 4.15. The largest absolute Gasteiger partial charge is 0.486 e. The molecule has 0 spiro atoms. The number of carbonyl (C=O) groups excluding carboxylic acids is 1. The summed E-state index contributed by atoms with van der Waals surface area (Å²) in [6, 6.07) is 15.9. The Morgan fingerprint density at radius 3 is 2.60 bits per heavy atom. The molecule has 3 rings (SSSR count). The van der Waals surface area contributed by atoms with E-state index in [2.05, 4.69) is 5.32 Å². The average molecular weight is 340 g/mol. The first-order chi connectivity index (χ1) is 12.1. The minimum Gasteiger partial charge on any atom is -0.486 e. The summed E-state index contributed by atoms with van der Waals surface area (Å²) in [5.41, 5.74) is 2.20. The van der Waals surface area contributed by atoms with E-state index in [0.717, 1.165) is 22.6 Å². The lowest BCUT2D eigenvalue weighted by atomic mass is 10.1. The molecule has 0 fully saturated rings. The fraction of sp³-hybridized carbons (Fsp3) is 0.350. The minimum atomic E-state index is -0.00334. The third-order valence-corrected chi connectivity index (χ3v) is 4.15. The van der Waals surface area contributed by atoms with E-state index in [1.807, 2.05) is 67.4 Å². The van der Waals surface area contributed by atoms with E-state index in [-0.39, 0.29) is 11.9 Å². The van der Waals surface area contributed by atoms with Crippen LogP contribution in [-0.2, 0) is 11.3 Å². The van der Waals surface area contributed by atoms with Crippen LogP contribution < -0.4 is 14.8 Å². The van der Waals surface area contributed by atoms with Crippen molar-refractivity contribution in [2.75, 3.05) is 26.8 Å². The number of amides is 1. The Labute approximate surface area is 148 Å². The molecule has 0 saturated heterocycles. The Balaban J connectivity index is 1.52. The number of ether oxygens (including phenoxy) is 2. The maximum absolute atomic E-state index is 12.3. The van der Waals surface area contributed by atoms with Crippen molar-refractivity contribution in [2.24, 2.45) is 0 Å². The van der Waals surface area contributed by atoms with Crippen LogP contribution in [0.1, 0.15) is 24.1 Å². The molecule has 0 unspecified atom stereocenters. The molecule has 0 aromatic heterocycles. The van der Waals surface area contributed by atoms with Crippen molar-refractivity contribution in [1.29, 1.82) is 0 Å². The van der Waals surface area contributed by atoms with Gasteiger partial charge in [-0.1, -0.05) is 36.4 Å². The molecule has 1 N–H and O–H groups in total. The smallest absolute Gasteiger partial charge is 0.234 e. The Hall–Kier alpha value is -2.53. The number of fused-ring (bicyclic) bond motifs is 1. The van der Waals surface area contributed by atoms with Gasteiger partial charge in [-0.2, -0.15) is 0 Å². The fourth-order valence-electron chi connectivity index (χ4n) is 2.91. The van der Waals surface area contributed by atoms with E-state index >= 15 is 0 Å². The van der Waals surface area contributed by atoms with E-state index < -0.39 is 0 Å². The predicted molar refractivity (Wildman–Crippen MR) is 96.8 cm³/mol. The summed E-state index contributed by atoms with van der Waals surface area (Å²) in [7, 11) is 1.93. The van der Waals surface area contributed by atoms with Crippen molar-refractivity contribution in [3.8, 4) is 11.5 Å². The number of nitrogens with zero attached hydrogens (tertiary/aromatic N) is 1. The Bertz CT molecular complexity index is 718. The highest BCUT2D eigenvalue weighted by atomic mass is 16.6. The zero-order chi connectivity index (χ0) is 17.6. The van der Waals surface area contributed by atoms with Crippen molar-refractivity contribution < 1.29 is 14.3 Å². The van der Waals surface area contributed by atoms with Gasteiger partial charge in [-0.05, 0) is 37.2 Å². The highest BCUT2D eigenvalue weighted by Gasteiger charge is 2.14. The lowest BCUT2D eigenvalue weighted by Crippen LogP contribution is -2.36. The molecule has 1 heterocycles. The van der Waals surface area contributed by atoms with Crippen LogP contribution in [0.3, 0.4) is 0 Å². The molecule has 1 atom stereocenters. The van der Waals surface area contributed by atoms with Gasteiger partial charge in [0.05, 0.1) is 12.6 Å². The van der Waals surface area contributed by atoms with E-state index in [4.69, 9.17) is 9.47 Å². The molecular weight excluding hydrogens is 316 g/mol. The number of nitrogens with one attached hydrogen (secondary N) is 1. The number of hydrogen-bond donors (Lipinski definition) is 1. The molecule has 5 heteroatoms. The first kappa shape index (κ1) is 17.3. The molecule has 132 valence electrons. The van der Waals surface area contributed by atoms with Crippen LogP contribution in [0, 0.1) is 0 Å². The number of benzene rings is 2. The van der Waals surface area contributed by atoms with Crippen molar-refractivity contribution in [2.45, 2.75) is 19.5 Å².